The van der Waals surface area contributed by atoms with Gasteiger partial charge >= 0.3 is 0 Å². The molecule has 2 N–H and O–H groups in total. The van der Waals surface area contributed by atoms with Crippen molar-refractivity contribution in [3.05, 3.63) is 58.2 Å². The molecule has 0 saturated carbocycles. The molecule has 0 spiro atoms. The molecule has 0 radical (unpaired) electrons. The molecule has 0 bridgehead atoms. The number of likely N-dealkylation sites (tertiary alicyclic amines) is 1. The number of nitriles is 1. The number of aryl methyl sites for hydroxylation is 2. The summed E-state index contributed by atoms with van der Waals surface area (Å²) in [5.74, 6) is 1.74. The number of allylic oxidation sites excluding steroid dienone is 1. The Kier molecular flexibility index (Phi) is 8.33. The fraction of sp³-hybridized carbons (Fsp3) is 0.357. The molecule has 1 amide bonds. The van der Waals surface area contributed by atoms with Crippen LogP contribution < -0.4 is 15.4 Å². The van der Waals surface area contributed by atoms with Gasteiger partial charge in [-0.05, 0) is 73.0 Å². The number of likely N-dealkylation sites (N-methyl/N-ethyl adjacent to an activating group) is 1. The number of hydrogen-bond acceptors (Lipinski definition) is 10. The lowest BCUT2D eigenvalue weighted by Gasteiger charge is -2.31. The predicted molar refractivity (Wildman–Crippen MR) is 154 cm³/mol. The molecule has 11 nitrogen and oxygen atoms in total. The molecule has 1 fully saturated rings. The van der Waals surface area contributed by atoms with Crippen LogP contribution in [0.25, 0.3) is 16.3 Å². The highest BCUT2D eigenvalue weighted by molar-refractivity contribution is 7.16. The van der Waals surface area contributed by atoms with Gasteiger partial charge in [-0.25, -0.2) is 9.67 Å². The van der Waals surface area contributed by atoms with Crippen LogP contribution in [0.15, 0.2) is 35.9 Å². The van der Waals surface area contributed by atoms with Gasteiger partial charge in [0.05, 0.1) is 23.3 Å². The molecule has 4 aromatic rings. The van der Waals surface area contributed by atoms with Gasteiger partial charge in [0.25, 0.3) is 0 Å². The predicted octanol–water partition coefficient (Wildman–Crippen LogP) is 4.05. The van der Waals surface area contributed by atoms with Gasteiger partial charge in [-0.15, -0.1) is 16.4 Å². The summed E-state index contributed by atoms with van der Waals surface area (Å²) in [4.78, 5) is 24.3. The first-order chi connectivity index (χ1) is 19.4. The van der Waals surface area contributed by atoms with E-state index in [1.54, 1.807) is 29.1 Å². The second-order valence-electron chi connectivity index (χ2n) is 9.82. The second kappa shape index (κ2) is 12.2. The number of thiophene rings is 1. The molecular weight excluding hydrogens is 526 g/mol. The van der Waals surface area contributed by atoms with E-state index in [1.165, 1.54) is 6.08 Å². The van der Waals surface area contributed by atoms with E-state index in [0.717, 1.165) is 64.3 Å². The highest BCUT2D eigenvalue weighted by atomic mass is 32.1. The quantitative estimate of drug-likeness (QED) is 0.292. The third-order valence-electron chi connectivity index (χ3n) is 6.80. The summed E-state index contributed by atoms with van der Waals surface area (Å²) < 4.78 is 7.95. The number of carbonyl (C=O) groups excluding carboxylic acids is 1. The van der Waals surface area contributed by atoms with Crippen LogP contribution in [-0.4, -0.2) is 61.9 Å². The smallest absolute Gasteiger partial charge is 0.241 e. The SMILES string of the molecule is CNC(=O)Cn1cc(CN2CCC(Nc3nc(Oc4c(C)cc(/C=C/C#N)cc4C)c4ccsc4n3)CC2)nn1. The summed E-state index contributed by atoms with van der Waals surface area (Å²) in [7, 11) is 1.61. The van der Waals surface area contributed by atoms with Crippen LogP contribution in [0, 0.1) is 25.2 Å². The van der Waals surface area contributed by atoms with Crippen LogP contribution >= 0.6 is 11.3 Å². The lowest BCUT2D eigenvalue weighted by Crippen LogP contribution is -2.39. The Hall–Kier alpha value is -4.34. The van der Waals surface area contributed by atoms with E-state index in [1.807, 2.05) is 49.7 Å². The van der Waals surface area contributed by atoms with Gasteiger partial charge in [0.2, 0.25) is 17.7 Å². The van der Waals surface area contributed by atoms with Crippen LogP contribution in [0.1, 0.15) is 35.2 Å². The van der Waals surface area contributed by atoms with Crippen molar-refractivity contribution < 1.29 is 9.53 Å². The average molecular weight is 558 g/mol. The monoisotopic (exact) mass is 557 g/mol. The van der Waals surface area contributed by atoms with E-state index in [9.17, 15) is 4.79 Å². The van der Waals surface area contributed by atoms with Crippen LogP contribution in [0.4, 0.5) is 5.95 Å². The molecule has 1 aromatic carbocycles. The molecule has 0 aliphatic carbocycles. The lowest BCUT2D eigenvalue weighted by atomic mass is 10.1. The maximum atomic E-state index is 11.6. The van der Waals surface area contributed by atoms with E-state index in [2.05, 4.69) is 25.8 Å². The molecular formula is C28H31N9O2S. The maximum Gasteiger partial charge on any atom is 0.241 e. The van der Waals surface area contributed by atoms with E-state index < -0.39 is 0 Å². The summed E-state index contributed by atoms with van der Waals surface area (Å²) >= 11 is 1.56. The Balaban J connectivity index is 1.24. The number of nitrogens with zero attached hydrogens (tertiary/aromatic N) is 7. The molecule has 4 heterocycles. The fourth-order valence-corrected chi connectivity index (χ4v) is 5.56. The number of piperidine rings is 1. The minimum absolute atomic E-state index is 0.104. The maximum absolute atomic E-state index is 11.6. The van der Waals surface area contributed by atoms with Crippen LogP contribution in [0.2, 0.25) is 0 Å². The first-order valence-electron chi connectivity index (χ1n) is 13.1. The number of carbonyl (C=O) groups is 1. The van der Waals surface area contributed by atoms with Gasteiger partial charge in [-0.3, -0.25) is 9.69 Å². The Morgan fingerprint density at radius 3 is 2.75 bits per heavy atom. The van der Waals surface area contributed by atoms with Gasteiger partial charge in [0, 0.05) is 38.8 Å². The summed E-state index contributed by atoms with van der Waals surface area (Å²) in [6.07, 6.45) is 6.95. The van der Waals surface area contributed by atoms with E-state index in [4.69, 9.17) is 20.0 Å². The summed E-state index contributed by atoms with van der Waals surface area (Å²) in [6, 6.07) is 8.25. The van der Waals surface area contributed by atoms with Crippen molar-refractivity contribution in [2.24, 2.45) is 0 Å². The van der Waals surface area contributed by atoms with Gasteiger partial charge < -0.3 is 15.4 Å². The van der Waals surface area contributed by atoms with Gasteiger partial charge in [0.1, 0.15) is 17.1 Å². The normalized spacial score (nSPS) is 14.4. The molecule has 1 saturated heterocycles. The first-order valence-corrected chi connectivity index (χ1v) is 14.0. The van der Waals surface area contributed by atoms with Crippen molar-refractivity contribution in [2.75, 3.05) is 25.5 Å². The third kappa shape index (κ3) is 6.44. The molecule has 12 heteroatoms. The largest absolute Gasteiger partial charge is 0.438 e. The lowest BCUT2D eigenvalue weighted by molar-refractivity contribution is -0.121. The topological polar surface area (TPSA) is 134 Å². The number of ether oxygens (including phenoxy) is 1. The zero-order chi connectivity index (χ0) is 28.1. The number of amides is 1. The number of nitrogens with one attached hydrogen (secondary N) is 2. The van der Waals surface area contributed by atoms with Crippen LogP contribution in [-0.2, 0) is 17.9 Å². The molecule has 1 aliphatic rings. The molecule has 206 valence electrons. The van der Waals surface area contributed by atoms with Crippen LogP contribution in [0.5, 0.6) is 11.6 Å². The number of hydrogen-bond donors (Lipinski definition) is 2. The highest BCUT2D eigenvalue weighted by Crippen LogP contribution is 2.35. The zero-order valence-corrected chi connectivity index (χ0v) is 23.5. The molecule has 3 aromatic heterocycles. The van der Waals surface area contributed by atoms with Gasteiger partial charge in [-0.1, -0.05) is 5.21 Å². The summed E-state index contributed by atoms with van der Waals surface area (Å²) in [5, 5.41) is 26.1. The molecule has 0 unspecified atom stereocenters. The number of rotatable bonds is 9. The van der Waals surface area contributed by atoms with Crippen molar-refractivity contribution in [3.8, 4) is 17.7 Å². The van der Waals surface area contributed by atoms with Crippen molar-refractivity contribution in [1.82, 2.24) is 35.2 Å². The molecule has 0 atom stereocenters. The molecule has 1 aliphatic heterocycles. The zero-order valence-electron chi connectivity index (χ0n) is 22.7. The van der Waals surface area contributed by atoms with Crippen molar-refractivity contribution in [2.45, 2.75) is 45.8 Å². The van der Waals surface area contributed by atoms with Crippen molar-refractivity contribution >= 4 is 39.5 Å². The molecule has 40 heavy (non-hydrogen) atoms. The number of anilines is 1. The molecule has 5 rings (SSSR count). The Morgan fingerprint density at radius 1 is 1.25 bits per heavy atom. The van der Waals surface area contributed by atoms with Gasteiger partial charge in [0.15, 0.2) is 0 Å². The van der Waals surface area contributed by atoms with E-state index in [0.29, 0.717) is 18.4 Å². The summed E-state index contributed by atoms with van der Waals surface area (Å²) in [6.45, 7) is 6.64. The third-order valence-corrected chi connectivity index (χ3v) is 7.61. The fourth-order valence-electron chi connectivity index (χ4n) is 4.80. The number of benzene rings is 1. The standard InChI is InChI=1S/C28H31N9O2S/c1-18-13-20(5-4-9-29)14-19(2)25(18)39-26-23-8-12-40-27(23)33-28(32-26)31-21-6-10-36(11-7-21)15-22-16-37(35-34-22)17-24(38)30-3/h4-5,8,12-14,16,21H,6-7,10-11,15,17H2,1-3H3,(H,30,38)(H,31,32,33)/b5-4+. The summed E-state index contributed by atoms with van der Waals surface area (Å²) in [5.41, 5.74) is 3.74. The Bertz CT molecular complexity index is 1560. The highest BCUT2D eigenvalue weighted by Gasteiger charge is 2.22. The Morgan fingerprint density at radius 2 is 2.02 bits per heavy atom. The number of aromatic nitrogens is 5. The second-order valence-corrected chi connectivity index (χ2v) is 10.7. The van der Waals surface area contributed by atoms with E-state index >= 15 is 0 Å². The minimum Gasteiger partial charge on any atom is -0.438 e. The average Bonchev–Trinajstić information content (AvgIpc) is 3.60. The van der Waals surface area contributed by atoms with Crippen LogP contribution in [0.3, 0.4) is 0 Å². The minimum atomic E-state index is -0.104. The first kappa shape index (κ1) is 27.2. The van der Waals surface area contributed by atoms with Gasteiger partial charge in [-0.2, -0.15) is 10.2 Å². The number of fused-ring (bicyclic) bond motifs is 1. The van der Waals surface area contributed by atoms with Crippen molar-refractivity contribution in [3.63, 3.8) is 0 Å². The van der Waals surface area contributed by atoms with E-state index in [-0.39, 0.29) is 18.5 Å². The van der Waals surface area contributed by atoms with Crippen molar-refractivity contribution in [1.29, 1.82) is 5.26 Å². The Labute approximate surface area is 236 Å².